The molecule has 1 fully saturated rings. The second-order valence-corrected chi connectivity index (χ2v) is 6.51. The van der Waals surface area contributed by atoms with E-state index < -0.39 is 11.6 Å². The van der Waals surface area contributed by atoms with E-state index >= 15 is 0 Å². The second kappa shape index (κ2) is 5.98. The Labute approximate surface area is 139 Å². The van der Waals surface area contributed by atoms with Crippen LogP contribution in [-0.4, -0.2) is 5.91 Å². The van der Waals surface area contributed by atoms with E-state index in [9.17, 15) is 13.6 Å². The maximum absolute atomic E-state index is 13.8. The highest BCUT2D eigenvalue weighted by Gasteiger charge is 2.46. The van der Waals surface area contributed by atoms with Gasteiger partial charge in [-0.3, -0.25) is 4.79 Å². The third kappa shape index (κ3) is 2.80. The zero-order chi connectivity index (χ0) is 16.7. The number of nitrogens with one attached hydrogen (secondary N) is 2. The van der Waals surface area contributed by atoms with Gasteiger partial charge in [-0.25, -0.2) is 8.78 Å². The maximum atomic E-state index is 13.8. The number of hydrogen-bond acceptors (Lipinski definition) is 2. The van der Waals surface area contributed by atoms with Crippen LogP contribution in [0.25, 0.3) is 0 Å². The van der Waals surface area contributed by atoms with Crippen molar-refractivity contribution < 1.29 is 13.6 Å². The van der Waals surface area contributed by atoms with Gasteiger partial charge in [0.1, 0.15) is 11.6 Å². The fourth-order valence-electron chi connectivity index (χ4n) is 3.45. The van der Waals surface area contributed by atoms with E-state index in [2.05, 4.69) is 22.8 Å². The van der Waals surface area contributed by atoms with Gasteiger partial charge < -0.3 is 10.6 Å². The van der Waals surface area contributed by atoms with Crippen LogP contribution in [0.2, 0.25) is 0 Å². The van der Waals surface area contributed by atoms with E-state index in [-0.39, 0.29) is 23.3 Å². The molecule has 0 saturated heterocycles. The van der Waals surface area contributed by atoms with Crippen LogP contribution in [0.5, 0.6) is 0 Å². The molecule has 1 saturated carbocycles. The molecule has 1 heterocycles. The van der Waals surface area contributed by atoms with Gasteiger partial charge in [-0.15, -0.1) is 0 Å². The molecule has 1 amide bonds. The number of rotatable bonds is 4. The second-order valence-electron chi connectivity index (χ2n) is 6.51. The number of amides is 1. The van der Waals surface area contributed by atoms with Crippen molar-refractivity contribution in [2.24, 2.45) is 5.92 Å². The Kier molecular flexibility index (Phi) is 3.81. The summed E-state index contributed by atoms with van der Waals surface area (Å²) in [5.74, 6) is -1.97. The van der Waals surface area contributed by atoms with Gasteiger partial charge in [0.05, 0.1) is 0 Å². The molecule has 2 N–H and O–H groups in total. The first-order valence-corrected chi connectivity index (χ1v) is 8.16. The van der Waals surface area contributed by atoms with Gasteiger partial charge >= 0.3 is 0 Å². The van der Waals surface area contributed by atoms with Crippen LogP contribution < -0.4 is 10.6 Å². The normalized spacial score (nSPS) is 21.4. The maximum Gasteiger partial charge on any atom is 0.224 e. The molecule has 0 bridgehead atoms. The minimum Gasteiger partial charge on any atom is -0.352 e. The van der Waals surface area contributed by atoms with Crippen molar-refractivity contribution in [2.45, 2.75) is 32.0 Å². The fourth-order valence-corrected chi connectivity index (χ4v) is 3.45. The Bertz CT molecular complexity index is 786. The summed E-state index contributed by atoms with van der Waals surface area (Å²) in [5.41, 5.74) is 3.64. The lowest BCUT2D eigenvalue weighted by Crippen LogP contribution is -2.25. The molecule has 0 radical (unpaired) electrons. The molecule has 124 valence electrons. The molecule has 2 unspecified atom stereocenters. The van der Waals surface area contributed by atoms with Crippen LogP contribution in [-0.2, 0) is 24.4 Å². The van der Waals surface area contributed by atoms with Crippen LogP contribution in [0.15, 0.2) is 36.4 Å². The molecule has 24 heavy (non-hydrogen) atoms. The molecule has 4 rings (SSSR count). The van der Waals surface area contributed by atoms with Crippen molar-refractivity contribution in [3.63, 3.8) is 0 Å². The topological polar surface area (TPSA) is 41.1 Å². The lowest BCUT2D eigenvalue weighted by molar-refractivity contribution is -0.122. The predicted molar refractivity (Wildman–Crippen MR) is 86.0 cm³/mol. The standard InChI is InChI=1S/C19H18F2N2O/c20-16-2-1-3-17(21)18(16)14-7-15(14)19(24)23-8-11-4-5-12-9-22-10-13(12)6-11/h1-6,14-15,22H,7-10H2,(H,23,24). The largest absolute Gasteiger partial charge is 0.352 e. The summed E-state index contributed by atoms with van der Waals surface area (Å²) in [4.78, 5) is 12.3. The van der Waals surface area contributed by atoms with E-state index in [1.807, 2.05) is 6.07 Å². The van der Waals surface area contributed by atoms with E-state index in [1.165, 1.54) is 29.3 Å². The molecular weight excluding hydrogens is 310 g/mol. The first-order chi connectivity index (χ1) is 11.6. The third-order valence-corrected chi connectivity index (χ3v) is 4.87. The quantitative estimate of drug-likeness (QED) is 0.906. The third-order valence-electron chi connectivity index (χ3n) is 4.87. The van der Waals surface area contributed by atoms with Gasteiger partial charge in [0.2, 0.25) is 5.91 Å². The molecule has 0 spiro atoms. The summed E-state index contributed by atoms with van der Waals surface area (Å²) in [5, 5.41) is 6.17. The highest BCUT2D eigenvalue weighted by atomic mass is 19.1. The van der Waals surface area contributed by atoms with E-state index in [4.69, 9.17) is 0 Å². The van der Waals surface area contributed by atoms with Gasteiger partial charge in [-0.05, 0) is 35.2 Å². The SMILES string of the molecule is O=C(NCc1ccc2c(c1)CNC2)C1CC1c1c(F)cccc1F. The Morgan fingerprint density at radius 2 is 1.88 bits per heavy atom. The average molecular weight is 328 g/mol. The zero-order valence-corrected chi connectivity index (χ0v) is 13.1. The number of carbonyl (C=O) groups is 1. The van der Waals surface area contributed by atoms with Crippen LogP contribution in [0.4, 0.5) is 8.78 Å². The van der Waals surface area contributed by atoms with E-state index in [1.54, 1.807) is 0 Å². The van der Waals surface area contributed by atoms with Crippen molar-refractivity contribution in [2.75, 3.05) is 0 Å². The molecule has 1 aliphatic carbocycles. The molecule has 1 aliphatic heterocycles. The Morgan fingerprint density at radius 1 is 1.12 bits per heavy atom. The zero-order valence-electron chi connectivity index (χ0n) is 13.1. The predicted octanol–water partition coefficient (Wildman–Crippen LogP) is 2.99. The monoisotopic (exact) mass is 328 g/mol. The Morgan fingerprint density at radius 3 is 2.67 bits per heavy atom. The molecule has 3 nitrogen and oxygen atoms in total. The van der Waals surface area contributed by atoms with Crippen molar-refractivity contribution in [3.05, 3.63) is 70.3 Å². The fraction of sp³-hybridized carbons (Fsp3) is 0.316. The van der Waals surface area contributed by atoms with Crippen molar-refractivity contribution in [3.8, 4) is 0 Å². The Hall–Kier alpha value is -2.27. The number of carbonyl (C=O) groups excluding carboxylic acids is 1. The van der Waals surface area contributed by atoms with E-state index in [0.717, 1.165) is 18.7 Å². The van der Waals surface area contributed by atoms with Gasteiger partial charge in [0.15, 0.2) is 0 Å². The molecule has 0 aromatic heterocycles. The highest BCUT2D eigenvalue weighted by molar-refractivity contribution is 5.82. The minimum absolute atomic E-state index is 0.0428. The summed E-state index contributed by atoms with van der Waals surface area (Å²) in [6.45, 7) is 2.18. The lowest BCUT2D eigenvalue weighted by atomic mass is 10.1. The smallest absolute Gasteiger partial charge is 0.224 e. The highest BCUT2D eigenvalue weighted by Crippen LogP contribution is 2.49. The summed E-state index contributed by atoms with van der Waals surface area (Å²) < 4.78 is 27.6. The van der Waals surface area contributed by atoms with Crippen molar-refractivity contribution >= 4 is 5.91 Å². The molecule has 5 heteroatoms. The van der Waals surface area contributed by atoms with Crippen LogP contribution in [0.3, 0.4) is 0 Å². The number of benzene rings is 2. The van der Waals surface area contributed by atoms with Gasteiger partial charge in [-0.2, -0.15) is 0 Å². The van der Waals surface area contributed by atoms with Crippen molar-refractivity contribution in [1.29, 1.82) is 0 Å². The number of halogens is 2. The van der Waals surface area contributed by atoms with Gasteiger partial charge in [0.25, 0.3) is 0 Å². The number of hydrogen-bond donors (Lipinski definition) is 2. The van der Waals surface area contributed by atoms with E-state index in [0.29, 0.717) is 13.0 Å². The first-order valence-electron chi connectivity index (χ1n) is 8.16. The van der Waals surface area contributed by atoms with Gasteiger partial charge in [-0.1, -0.05) is 24.3 Å². The molecule has 2 aliphatic rings. The van der Waals surface area contributed by atoms with Crippen LogP contribution >= 0.6 is 0 Å². The Balaban J connectivity index is 1.38. The summed E-state index contributed by atoms with van der Waals surface area (Å²) >= 11 is 0. The summed E-state index contributed by atoms with van der Waals surface area (Å²) in [7, 11) is 0. The average Bonchev–Trinajstić information content (AvgIpc) is 3.20. The van der Waals surface area contributed by atoms with Crippen molar-refractivity contribution in [1.82, 2.24) is 10.6 Å². The van der Waals surface area contributed by atoms with Crippen LogP contribution in [0.1, 0.15) is 34.6 Å². The van der Waals surface area contributed by atoms with Gasteiger partial charge in [0, 0.05) is 37.0 Å². The molecule has 2 aromatic carbocycles. The first kappa shape index (κ1) is 15.3. The molecule has 2 atom stereocenters. The summed E-state index contributed by atoms with van der Waals surface area (Å²) in [6.07, 6.45) is 0.498. The molecular formula is C19H18F2N2O. The molecule has 2 aromatic rings. The van der Waals surface area contributed by atoms with Crippen LogP contribution in [0, 0.1) is 17.6 Å². The summed E-state index contributed by atoms with van der Waals surface area (Å²) in [6, 6.07) is 10.00. The lowest BCUT2D eigenvalue weighted by Gasteiger charge is -2.08. The minimum atomic E-state index is -0.568. The number of fused-ring (bicyclic) bond motifs is 1.